The van der Waals surface area contributed by atoms with Gasteiger partial charge in [0.1, 0.15) is 11.8 Å². The van der Waals surface area contributed by atoms with Crippen molar-refractivity contribution in [1.29, 1.82) is 0 Å². The topological polar surface area (TPSA) is 71.5 Å². The van der Waals surface area contributed by atoms with Gasteiger partial charge in [-0.15, -0.1) is 0 Å². The second kappa shape index (κ2) is 11.1. The molecule has 166 valence electrons. The maximum atomic E-state index is 13.4. The summed E-state index contributed by atoms with van der Waals surface area (Å²) in [5, 5.41) is 3.00. The molecule has 0 aliphatic heterocycles. The van der Waals surface area contributed by atoms with E-state index in [0.717, 1.165) is 22.4 Å². The van der Waals surface area contributed by atoms with E-state index in [2.05, 4.69) is 10.3 Å². The summed E-state index contributed by atoms with van der Waals surface area (Å²) in [6.07, 6.45) is 3.38. The first-order chi connectivity index (χ1) is 15.5. The van der Waals surface area contributed by atoms with Crippen molar-refractivity contribution < 1.29 is 14.3 Å². The van der Waals surface area contributed by atoms with Crippen LogP contribution in [-0.2, 0) is 22.7 Å². The number of hydrogen-bond acceptors (Lipinski definition) is 4. The largest absolute Gasteiger partial charge is 0.497 e. The number of hydrogen-bond donors (Lipinski definition) is 1. The van der Waals surface area contributed by atoms with Crippen LogP contribution < -0.4 is 10.1 Å². The van der Waals surface area contributed by atoms with Gasteiger partial charge in [0, 0.05) is 31.4 Å². The molecular formula is C26H29N3O3. The molecule has 0 aliphatic rings. The van der Waals surface area contributed by atoms with E-state index in [1.54, 1.807) is 24.4 Å². The van der Waals surface area contributed by atoms with E-state index in [1.165, 1.54) is 0 Å². The number of ether oxygens (including phenoxy) is 1. The third-order valence-electron chi connectivity index (χ3n) is 5.18. The fourth-order valence-electron chi connectivity index (χ4n) is 3.45. The minimum Gasteiger partial charge on any atom is -0.497 e. The molecule has 1 atom stereocenters. The van der Waals surface area contributed by atoms with Crippen LogP contribution in [0.15, 0.2) is 79.1 Å². The van der Waals surface area contributed by atoms with Crippen molar-refractivity contribution in [3.8, 4) is 5.75 Å². The summed E-state index contributed by atoms with van der Waals surface area (Å²) in [6.45, 7) is 4.36. The van der Waals surface area contributed by atoms with E-state index < -0.39 is 6.04 Å². The second-order valence-corrected chi connectivity index (χ2v) is 7.86. The fraction of sp³-hybridized carbons (Fsp3) is 0.269. The molecule has 32 heavy (non-hydrogen) atoms. The molecule has 1 N–H and O–H groups in total. The average Bonchev–Trinajstić information content (AvgIpc) is 2.83. The Morgan fingerprint density at radius 3 is 2.19 bits per heavy atom. The molecule has 0 aliphatic carbocycles. The summed E-state index contributed by atoms with van der Waals surface area (Å²) in [7, 11) is 1.61. The Kier molecular flexibility index (Phi) is 7.97. The number of carbonyl (C=O) groups is 2. The number of benzene rings is 2. The summed E-state index contributed by atoms with van der Waals surface area (Å²) < 4.78 is 5.24. The molecule has 0 spiro atoms. The lowest BCUT2D eigenvalue weighted by atomic mass is 10.0. The number of amides is 2. The summed E-state index contributed by atoms with van der Waals surface area (Å²) in [6, 6.07) is 19.9. The maximum absolute atomic E-state index is 13.4. The van der Waals surface area contributed by atoms with E-state index in [-0.39, 0.29) is 17.7 Å². The highest BCUT2D eigenvalue weighted by Gasteiger charge is 2.32. The Bertz CT molecular complexity index is 1010. The maximum Gasteiger partial charge on any atom is 0.247 e. The first kappa shape index (κ1) is 23.0. The van der Waals surface area contributed by atoms with E-state index in [9.17, 15) is 9.59 Å². The smallest absolute Gasteiger partial charge is 0.247 e. The number of aromatic nitrogens is 1. The van der Waals surface area contributed by atoms with Crippen molar-refractivity contribution in [2.24, 2.45) is 5.92 Å². The first-order valence-corrected chi connectivity index (χ1v) is 10.6. The van der Waals surface area contributed by atoms with Crippen LogP contribution in [0.2, 0.25) is 0 Å². The second-order valence-electron chi connectivity index (χ2n) is 7.86. The number of methoxy groups -OCH3 is 1. The molecule has 3 aromatic rings. The predicted molar refractivity (Wildman–Crippen MR) is 124 cm³/mol. The zero-order valence-corrected chi connectivity index (χ0v) is 18.7. The van der Waals surface area contributed by atoms with Crippen molar-refractivity contribution in [2.75, 3.05) is 7.11 Å². The lowest BCUT2D eigenvalue weighted by molar-refractivity contribution is -0.144. The minimum absolute atomic E-state index is 0.0891. The number of rotatable bonds is 9. The van der Waals surface area contributed by atoms with Crippen LogP contribution >= 0.6 is 0 Å². The Morgan fingerprint density at radius 1 is 0.938 bits per heavy atom. The number of pyridine rings is 1. The molecule has 0 radical (unpaired) electrons. The van der Waals surface area contributed by atoms with Crippen LogP contribution in [0.3, 0.4) is 0 Å². The molecule has 6 nitrogen and oxygen atoms in total. The molecule has 2 aromatic carbocycles. The van der Waals surface area contributed by atoms with Gasteiger partial charge in [-0.05, 0) is 41.0 Å². The van der Waals surface area contributed by atoms with Crippen molar-refractivity contribution in [3.63, 3.8) is 0 Å². The normalized spacial score (nSPS) is 11.6. The summed E-state index contributed by atoms with van der Waals surface area (Å²) in [4.78, 5) is 32.4. The molecule has 0 bridgehead atoms. The molecule has 3 rings (SSSR count). The molecular weight excluding hydrogens is 402 g/mol. The summed E-state index contributed by atoms with van der Waals surface area (Å²) in [5.41, 5.74) is 2.63. The third-order valence-corrected chi connectivity index (χ3v) is 5.18. The molecule has 0 saturated carbocycles. The lowest BCUT2D eigenvalue weighted by Gasteiger charge is -2.33. The first-order valence-electron chi connectivity index (χ1n) is 10.6. The predicted octanol–water partition coefficient (Wildman–Crippen LogP) is 4.13. The van der Waals surface area contributed by atoms with Gasteiger partial charge in [-0.25, -0.2) is 0 Å². The lowest BCUT2D eigenvalue weighted by Crippen LogP contribution is -2.44. The molecule has 1 aromatic heterocycles. The Hall–Kier alpha value is -3.67. The molecule has 6 heteroatoms. The Morgan fingerprint density at radius 2 is 1.59 bits per heavy atom. The number of nitrogens with zero attached hydrogens (tertiary/aromatic N) is 2. The van der Waals surface area contributed by atoms with Gasteiger partial charge in [-0.2, -0.15) is 0 Å². The van der Waals surface area contributed by atoms with Gasteiger partial charge in [0.2, 0.25) is 11.8 Å². The Labute approximate surface area is 189 Å². The van der Waals surface area contributed by atoms with E-state index in [1.807, 2.05) is 80.6 Å². The van der Waals surface area contributed by atoms with Crippen LogP contribution in [0.5, 0.6) is 5.75 Å². The molecule has 0 unspecified atom stereocenters. The number of carbonyl (C=O) groups excluding carboxylic acids is 2. The summed E-state index contributed by atoms with van der Waals surface area (Å²) in [5.74, 6) is 0.168. The molecule has 1 heterocycles. The quantitative estimate of drug-likeness (QED) is 0.553. The van der Waals surface area contributed by atoms with Crippen LogP contribution in [-0.4, -0.2) is 28.8 Å². The van der Waals surface area contributed by atoms with E-state index >= 15 is 0 Å². The SMILES string of the molecule is COc1ccc(CN(C(=O)C(C)C)[C@H](C(=O)NCc2ccncc2)c2ccccc2)cc1. The van der Waals surface area contributed by atoms with Gasteiger partial charge < -0.3 is 15.0 Å². The monoisotopic (exact) mass is 431 g/mol. The Balaban J connectivity index is 1.92. The number of nitrogens with one attached hydrogen (secondary N) is 1. The van der Waals surface area contributed by atoms with Crippen molar-refractivity contribution in [1.82, 2.24) is 15.2 Å². The van der Waals surface area contributed by atoms with Gasteiger partial charge in [0.05, 0.1) is 7.11 Å². The highest BCUT2D eigenvalue weighted by Crippen LogP contribution is 2.26. The zero-order valence-electron chi connectivity index (χ0n) is 18.7. The molecule has 0 fully saturated rings. The van der Waals surface area contributed by atoms with Crippen molar-refractivity contribution >= 4 is 11.8 Å². The van der Waals surface area contributed by atoms with Crippen LogP contribution in [0.4, 0.5) is 0 Å². The van der Waals surface area contributed by atoms with E-state index in [0.29, 0.717) is 13.1 Å². The average molecular weight is 432 g/mol. The highest BCUT2D eigenvalue weighted by atomic mass is 16.5. The van der Waals surface area contributed by atoms with Crippen molar-refractivity contribution in [2.45, 2.75) is 33.0 Å². The van der Waals surface area contributed by atoms with Gasteiger partial charge in [-0.3, -0.25) is 14.6 Å². The summed E-state index contributed by atoms with van der Waals surface area (Å²) >= 11 is 0. The fourth-order valence-corrected chi connectivity index (χ4v) is 3.45. The van der Waals surface area contributed by atoms with Crippen LogP contribution in [0, 0.1) is 5.92 Å². The van der Waals surface area contributed by atoms with Gasteiger partial charge in [0.25, 0.3) is 0 Å². The van der Waals surface area contributed by atoms with Crippen LogP contribution in [0.1, 0.15) is 36.6 Å². The van der Waals surface area contributed by atoms with Gasteiger partial charge in [0.15, 0.2) is 0 Å². The van der Waals surface area contributed by atoms with E-state index in [4.69, 9.17) is 4.74 Å². The minimum atomic E-state index is -0.755. The zero-order chi connectivity index (χ0) is 22.9. The van der Waals surface area contributed by atoms with Crippen molar-refractivity contribution in [3.05, 3.63) is 95.8 Å². The van der Waals surface area contributed by atoms with Gasteiger partial charge in [-0.1, -0.05) is 56.3 Å². The standard InChI is InChI=1S/C26H29N3O3/c1-19(2)26(31)29(18-21-9-11-23(32-3)12-10-21)24(22-7-5-4-6-8-22)25(30)28-17-20-13-15-27-16-14-20/h4-16,19,24H,17-18H2,1-3H3,(H,28,30)/t24-/m0/s1. The third kappa shape index (κ3) is 5.94. The molecule has 2 amide bonds. The highest BCUT2D eigenvalue weighted by molar-refractivity contribution is 5.89. The van der Waals surface area contributed by atoms with Crippen LogP contribution in [0.25, 0.3) is 0 Å². The van der Waals surface area contributed by atoms with Gasteiger partial charge >= 0.3 is 0 Å². The molecule has 0 saturated heterocycles.